The van der Waals surface area contributed by atoms with Gasteiger partial charge < -0.3 is 10.2 Å². The fraction of sp³-hybridized carbons (Fsp3) is 0.368. The molecule has 2 N–H and O–H groups in total. The van der Waals surface area contributed by atoms with E-state index in [1.54, 1.807) is 12.4 Å². The maximum absolute atomic E-state index is 11.0. The number of hydrogen-bond acceptors (Lipinski definition) is 4. The van der Waals surface area contributed by atoms with E-state index in [1.807, 2.05) is 24.3 Å². The SMILES string of the molecule is CCc1cc(CCC(C)C)cc(C=Nc2cccc3cccc(N=Cc4cc(CCC(C)C)cc(CC)c4O)c23)c1O. The van der Waals surface area contributed by atoms with Crippen molar-refractivity contribution >= 4 is 34.6 Å². The second kappa shape index (κ2) is 14.3. The molecule has 0 heterocycles. The first-order valence-corrected chi connectivity index (χ1v) is 15.5. The summed E-state index contributed by atoms with van der Waals surface area (Å²) in [5, 5.41) is 23.9. The van der Waals surface area contributed by atoms with E-state index in [2.05, 4.69) is 77.9 Å². The third-order valence-corrected chi connectivity index (χ3v) is 7.88. The lowest BCUT2D eigenvalue weighted by Crippen LogP contribution is -1.97. The maximum Gasteiger partial charge on any atom is 0.127 e. The minimum atomic E-state index is 0.299. The molecule has 220 valence electrons. The molecule has 0 amide bonds. The predicted octanol–water partition coefficient (Wildman–Crippen LogP) is 10.1. The normalized spacial score (nSPS) is 12.1. The van der Waals surface area contributed by atoms with Crippen LogP contribution in [-0.4, -0.2) is 22.6 Å². The van der Waals surface area contributed by atoms with Crippen LogP contribution in [0.1, 0.15) is 87.8 Å². The summed E-state index contributed by atoms with van der Waals surface area (Å²) in [7, 11) is 0. The summed E-state index contributed by atoms with van der Waals surface area (Å²) in [5.41, 5.74) is 7.40. The predicted molar refractivity (Wildman–Crippen MR) is 180 cm³/mol. The zero-order chi connectivity index (χ0) is 30.2. The molecule has 0 aliphatic heterocycles. The largest absolute Gasteiger partial charge is 0.507 e. The number of phenols is 2. The highest BCUT2D eigenvalue weighted by atomic mass is 16.3. The number of aliphatic imine (C=N–C) groups is 2. The first-order chi connectivity index (χ1) is 20.2. The number of aryl methyl sites for hydroxylation is 4. The third-order valence-electron chi connectivity index (χ3n) is 7.88. The summed E-state index contributed by atoms with van der Waals surface area (Å²) in [6, 6.07) is 20.4. The molecule has 0 unspecified atom stereocenters. The standard InChI is InChI=1S/C38H46N2O2/c1-7-29-19-27(17-15-25(3)4)21-32(37(29)41)23-39-34-13-9-11-31-12-10-14-35(36(31)34)40-24-33-22-28(18-16-26(5)6)20-30(8-2)38(33)42/h9-14,19-26,41-42H,7-8,15-18H2,1-6H3. The molecule has 0 fully saturated rings. The molecule has 0 saturated carbocycles. The number of benzene rings is 4. The lowest BCUT2D eigenvalue weighted by atomic mass is 9.97. The molecule has 4 nitrogen and oxygen atoms in total. The molecule has 0 aromatic heterocycles. The van der Waals surface area contributed by atoms with Gasteiger partial charge in [0.1, 0.15) is 11.5 Å². The van der Waals surface area contributed by atoms with Crippen LogP contribution in [0.25, 0.3) is 10.8 Å². The molecule has 4 aromatic rings. The van der Waals surface area contributed by atoms with Gasteiger partial charge in [0.25, 0.3) is 0 Å². The van der Waals surface area contributed by atoms with Gasteiger partial charge >= 0.3 is 0 Å². The monoisotopic (exact) mass is 562 g/mol. The first-order valence-electron chi connectivity index (χ1n) is 15.5. The van der Waals surface area contributed by atoms with Crippen molar-refractivity contribution in [2.75, 3.05) is 0 Å². The zero-order valence-electron chi connectivity index (χ0n) is 26.1. The summed E-state index contributed by atoms with van der Waals surface area (Å²) < 4.78 is 0. The maximum atomic E-state index is 11.0. The first kappa shape index (κ1) is 31.0. The van der Waals surface area contributed by atoms with Crippen LogP contribution < -0.4 is 0 Å². The fourth-order valence-electron chi connectivity index (χ4n) is 5.30. The molecule has 4 aromatic carbocycles. The molecule has 4 rings (SSSR count). The molecule has 0 atom stereocenters. The van der Waals surface area contributed by atoms with E-state index in [0.717, 1.165) is 82.9 Å². The second-order valence-corrected chi connectivity index (χ2v) is 12.1. The van der Waals surface area contributed by atoms with E-state index in [0.29, 0.717) is 23.3 Å². The van der Waals surface area contributed by atoms with Crippen molar-refractivity contribution in [2.45, 2.75) is 80.1 Å². The van der Waals surface area contributed by atoms with Gasteiger partial charge in [0, 0.05) is 28.9 Å². The Hall–Kier alpha value is -3.92. The molecule has 0 saturated heterocycles. The third kappa shape index (κ3) is 7.67. The highest BCUT2D eigenvalue weighted by Crippen LogP contribution is 2.35. The number of rotatable bonds is 12. The van der Waals surface area contributed by atoms with E-state index in [-0.39, 0.29) is 0 Å². The molecular weight excluding hydrogens is 516 g/mol. The van der Waals surface area contributed by atoms with Gasteiger partial charge in [-0.3, -0.25) is 9.98 Å². The minimum absolute atomic E-state index is 0.299. The van der Waals surface area contributed by atoms with E-state index in [4.69, 9.17) is 9.98 Å². The molecule has 0 aliphatic carbocycles. The Kier molecular flexibility index (Phi) is 10.6. The zero-order valence-corrected chi connectivity index (χ0v) is 26.1. The van der Waals surface area contributed by atoms with E-state index >= 15 is 0 Å². The van der Waals surface area contributed by atoms with E-state index in [9.17, 15) is 10.2 Å². The topological polar surface area (TPSA) is 65.2 Å². The fourth-order valence-corrected chi connectivity index (χ4v) is 5.30. The summed E-state index contributed by atoms with van der Waals surface area (Å²) in [6.07, 6.45) is 9.24. The van der Waals surface area contributed by atoms with Crippen molar-refractivity contribution in [3.8, 4) is 11.5 Å². The Labute approximate surface area is 251 Å². The van der Waals surface area contributed by atoms with Crippen molar-refractivity contribution in [1.29, 1.82) is 0 Å². The van der Waals surface area contributed by atoms with Gasteiger partial charge in [-0.25, -0.2) is 0 Å². The van der Waals surface area contributed by atoms with Crippen LogP contribution in [0.3, 0.4) is 0 Å². The Balaban J connectivity index is 1.73. The van der Waals surface area contributed by atoms with Gasteiger partial charge in [0.05, 0.1) is 11.4 Å². The highest BCUT2D eigenvalue weighted by Gasteiger charge is 2.11. The Morgan fingerprint density at radius 3 is 1.45 bits per heavy atom. The number of fused-ring (bicyclic) bond motifs is 1. The summed E-state index contributed by atoms with van der Waals surface area (Å²) in [5.74, 6) is 1.84. The van der Waals surface area contributed by atoms with E-state index < -0.39 is 0 Å². The number of aromatic hydroxyl groups is 2. The molecule has 0 aliphatic rings. The van der Waals surface area contributed by atoms with Gasteiger partial charge in [0.2, 0.25) is 0 Å². The summed E-state index contributed by atoms with van der Waals surface area (Å²) >= 11 is 0. The molecule has 0 bridgehead atoms. The van der Waals surface area contributed by atoms with Crippen molar-refractivity contribution < 1.29 is 10.2 Å². The lowest BCUT2D eigenvalue weighted by molar-refractivity contribution is 0.467. The van der Waals surface area contributed by atoms with Crippen LogP contribution >= 0.6 is 0 Å². The average molecular weight is 563 g/mol. The number of nitrogens with zero attached hydrogens (tertiary/aromatic N) is 2. The molecule has 4 heteroatoms. The molecule has 0 spiro atoms. The second-order valence-electron chi connectivity index (χ2n) is 12.1. The summed E-state index contributed by atoms with van der Waals surface area (Å²) in [6.45, 7) is 13.1. The summed E-state index contributed by atoms with van der Waals surface area (Å²) in [4.78, 5) is 9.77. The van der Waals surface area contributed by atoms with Crippen molar-refractivity contribution in [3.63, 3.8) is 0 Å². The van der Waals surface area contributed by atoms with Crippen molar-refractivity contribution in [3.05, 3.63) is 94.0 Å². The lowest BCUT2D eigenvalue weighted by Gasteiger charge is -2.12. The van der Waals surface area contributed by atoms with Crippen LogP contribution in [0.4, 0.5) is 11.4 Å². The van der Waals surface area contributed by atoms with Crippen LogP contribution in [0.5, 0.6) is 11.5 Å². The quantitative estimate of drug-likeness (QED) is 0.169. The van der Waals surface area contributed by atoms with Crippen LogP contribution in [0, 0.1) is 11.8 Å². The van der Waals surface area contributed by atoms with Gasteiger partial charge in [-0.2, -0.15) is 0 Å². The smallest absolute Gasteiger partial charge is 0.127 e. The van der Waals surface area contributed by atoms with Crippen molar-refractivity contribution in [1.82, 2.24) is 0 Å². The number of phenolic OH excluding ortho intramolecular Hbond substituents is 2. The van der Waals surface area contributed by atoms with Crippen LogP contribution in [0.15, 0.2) is 70.6 Å². The minimum Gasteiger partial charge on any atom is -0.507 e. The number of hydrogen-bond donors (Lipinski definition) is 2. The Morgan fingerprint density at radius 1 is 0.643 bits per heavy atom. The highest BCUT2D eigenvalue weighted by molar-refractivity contribution is 6.04. The van der Waals surface area contributed by atoms with Crippen molar-refractivity contribution in [2.24, 2.45) is 21.8 Å². The molecule has 42 heavy (non-hydrogen) atoms. The Bertz CT molecular complexity index is 1470. The van der Waals surface area contributed by atoms with Gasteiger partial charge in [-0.05, 0) is 102 Å². The molecular formula is C38H46N2O2. The van der Waals surface area contributed by atoms with Crippen LogP contribution in [0.2, 0.25) is 0 Å². The van der Waals surface area contributed by atoms with Gasteiger partial charge in [0.15, 0.2) is 0 Å². The van der Waals surface area contributed by atoms with Gasteiger partial charge in [-0.1, -0.05) is 77.9 Å². The average Bonchev–Trinajstić information content (AvgIpc) is 2.98. The van der Waals surface area contributed by atoms with Gasteiger partial charge in [-0.15, -0.1) is 0 Å². The van der Waals surface area contributed by atoms with Crippen LogP contribution in [-0.2, 0) is 25.7 Å². The van der Waals surface area contributed by atoms with E-state index in [1.165, 1.54) is 11.1 Å². The molecule has 0 radical (unpaired) electrons. The Morgan fingerprint density at radius 2 is 1.07 bits per heavy atom.